The molecule has 1 aromatic heterocycles. The number of carbonyl (C=O) groups is 1. The second kappa shape index (κ2) is 9.20. The van der Waals surface area contributed by atoms with Gasteiger partial charge in [-0.3, -0.25) is 9.59 Å². The molecule has 8 nitrogen and oxygen atoms in total. The van der Waals surface area contributed by atoms with Gasteiger partial charge in [-0.25, -0.2) is 13.1 Å². The van der Waals surface area contributed by atoms with Crippen LogP contribution in [0.5, 0.6) is 0 Å². The van der Waals surface area contributed by atoms with E-state index < -0.39 is 10.0 Å². The number of aromatic nitrogens is 2. The van der Waals surface area contributed by atoms with E-state index in [4.69, 9.17) is 0 Å². The number of piperazine rings is 1. The van der Waals surface area contributed by atoms with Gasteiger partial charge in [-0.1, -0.05) is 38.1 Å². The predicted octanol–water partition coefficient (Wildman–Crippen LogP) is 2.69. The first-order chi connectivity index (χ1) is 16.8. The van der Waals surface area contributed by atoms with Crippen LogP contribution in [0.4, 0.5) is 0 Å². The van der Waals surface area contributed by atoms with E-state index in [-0.39, 0.29) is 49.3 Å². The van der Waals surface area contributed by atoms with Gasteiger partial charge in [0.2, 0.25) is 10.0 Å². The molecule has 0 N–H and O–H groups in total. The minimum Gasteiger partial charge on any atom is -0.335 e. The Hall–Kier alpha value is -3.04. The summed E-state index contributed by atoms with van der Waals surface area (Å²) >= 11 is 0. The van der Waals surface area contributed by atoms with Crippen LogP contribution in [-0.2, 0) is 29.4 Å². The third kappa shape index (κ3) is 4.38. The van der Waals surface area contributed by atoms with Gasteiger partial charge in [0.15, 0.2) is 5.69 Å². The molecule has 1 fully saturated rings. The Morgan fingerprint density at radius 3 is 2.37 bits per heavy atom. The summed E-state index contributed by atoms with van der Waals surface area (Å²) in [5.74, 6) is -0.0921. The summed E-state index contributed by atoms with van der Waals surface area (Å²) in [5, 5.41) is 5.43. The van der Waals surface area contributed by atoms with E-state index in [1.807, 2.05) is 26.0 Å². The second-order valence-corrected chi connectivity index (χ2v) is 11.7. The maximum absolute atomic E-state index is 13.5. The number of carbonyl (C=O) groups excluding carboxylic acids is 1. The number of sulfonamides is 1. The van der Waals surface area contributed by atoms with Crippen molar-refractivity contribution in [3.63, 3.8) is 0 Å². The monoisotopic (exact) mass is 494 g/mol. The minimum atomic E-state index is -3.62. The Balaban J connectivity index is 1.38. The Labute approximate surface area is 205 Å². The van der Waals surface area contributed by atoms with Crippen molar-refractivity contribution in [3.8, 4) is 0 Å². The molecule has 0 unspecified atom stereocenters. The van der Waals surface area contributed by atoms with Crippen LogP contribution in [0.1, 0.15) is 41.9 Å². The Kier molecular flexibility index (Phi) is 6.23. The van der Waals surface area contributed by atoms with Crippen molar-refractivity contribution in [2.75, 3.05) is 26.2 Å². The largest absolute Gasteiger partial charge is 0.335 e. The van der Waals surface area contributed by atoms with Crippen molar-refractivity contribution < 1.29 is 13.2 Å². The van der Waals surface area contributed by atoms with E-state index in [9.17, 15) is 18.0 Å². The third-order valence-electron chi connectivity index (χ3n) is 6.84. The van der Waals surface area contributed by atoms with E-state index >= 15 is 0 Å². The summed E-state index contributed by atoms with van der Waals surface area (Å²) in [5.41, 5.74) is 2.37. The van der Waals surface area contributed by atoms with Gasteiger partial charge in [-0.15, -0.1) is 0 Å². The number of rotatable bonds is 5. The quantitative estimate of drug-likeness (QED) is 0.544. The Bertz CT molecular complexity index is 1450. The van der Waals surface area contributed by atoms with E-state index in [0.717, 1.165) is 24.8 Å². The maximum atomic E-state index is 13.5. The fourth-order valence-corrected chi connectivity index (χ4v) is 6.48. The van der Waals surface area contributed by atoms with Crippen LogP contribution in [0.15, 0.2) is 52.2 Å². The molecule has 2 aliphatic rings. The molecule has 2 heterocycles. The van der Waals surface area contributed by atoms with Crippen molar-refractivity contribution in [1.82, 2.24) is 19.0 Å². The molecule has 1 aliphatic carbocycles. The number of benzene rings is 2. The summed E-state index contributed by atoms with van der Waals surface area (Å²) < 4.78 is 29.4. The lowest BCUT2D eigenvalue weighted by atomic mass is 10.1. The van der Waals surface area contributed by atoms with E-state index in [1.54, 1.807) is 35.2 Å². The van der Waals surface area contributed by atoms with Crippen molar-refractivity contribution in [2.45, 2.75) is 44.6 Å². The fourth-order valence-electron chi connectivity index (χ4n) is 5.00. The van der Waals surface area contributed by atoms with E-state index in [0.29, 0.717) is 22.2 Å². The number of amides is 1. The molecule has 35 heavy (non-hydrogen) atoms. The highest BCUT2D eigenvalue weighted by atomic mass is 32.2. The molecule has 0 saturated carbocycles. The summed E-state index contributed by atoms with van der Waals surface area (Å²) in [6.45, 7) is 5.36. The zero-order chi connectivity index (χ0) is 24.7. The molecule has 3 aromatic rings. The van der Waals surface area contributed by atoms with Crippen molar-refractivity contribution >= 4 is 26.7 Å². The second-order valence-electron chi connectivity index (χ2n) is 9.76. The molecule has 1 saturated heterocycles. The minimum absolute atomic E-state index is 0.192. The maximum Gasteiger partial charge on any atom is 0.275 e. The van der Waals surface area contributed by atoms with Crippen LogP contribution < -0.4 is 5.56 Å². The predicted molar refractivity (Wildman–Crippen MR) is 134 cm³/mol. The van der Waals surface area contributed by atoms with E-state index in [2.05, 4.69) is 5.10 Å². The van der Waals surface area contributed by atoms with Crippen LogP contribution in [0.25, 0.3) is 10.8 Å². The highest BCUT2D eigenvalue weighted by Gasteiger charge is 2.32. The lowest BCUT2D eigenvalue weighted by Gasteiger charge is -2.34. The standard InChI is InChI=1S/C26H30N4O4S/c1-18(2)17-30-25(31)23-9-4-3-8-22(23)24(27-30)26(32)28-12-14-29(15-13-28)35(33,34)21-11-10-19-6-5-7-20(19)16-21/h3-4,8-11,16,18H,5-7,12-15,17H2,1-2H3. The van der Waals surface area contributed by atoms with Crippen LogP contribution in [0, 0.1) is 5.92 Å². The van der Waals surface area contributed by atoms with Gasteiger partial charge in [0.1, 0.15) is 0 Å². The average molecular weight is 495 g/mol. The van der Waals surface area contributed by atoms with Crippen LogP contribution >= 0.6 is 0 Å². The lowest BCUT2D eigenvalue weighted by Crippen LogP contribution is -2.50. The van der Waals surface area contributed by atoms with E-state index in [1.165, 1.54) is 14.6 Å². The number of hydrogen-bond acceptors (Lipinski definition) is 5. The Morgan fingerprint density at radius 1 is 0.971 bits per heavy atom. The molecule has 1 aliphatic heterocycles. The first kappa shape index (κ1) is 23.7. The summed E-state index contributed by atoms with van der Waals surface area (Å²) in [6.07, 6.45) is 2.98. The molecular weight excluding hydrogens is 464 g/mol. The first-order valence-corrected chi connectivity index (χ1v) is 13.6. The number of fused-ring (bicyclic) bond motifs is 2. The van der Waals surface area contributed by atoms with Gasteiger partial charge in [-0.2, -0.15) is 9.40 Å². The van der Waals surface area contributed by atoms with Crippen LogP contribution in [0.3, 0.4) is 0 Å². The summed E-state index contributed by atoms with van der Waals surface area (Å²) in [7, 11) is -3.62. The molecule has 5 rings (SSSR count). The molecule has 184 valence electrons. The number of aryl methyl sites for hydroxylation is 2. The topological polar surface area (TPSA) is 92.6 Å². The normalized spacial score (nSPS) is 16.7. The van der Waals surface area contributed by atoms with Gasteiger partial charge in [-0.05, 0) is 54.5 Å². The molecule has 0 atom stereocenters. The molecule has 2 aromatic carbocycles. The zero-order valence-corrected chi connectivity index (χ0v) is 20.9. The molecule has 0 radical (unpaired) electrons. The molecule has 1 amide bonds. The highest BCUT2D eigenvalue weighted by molar-refractivity contribution is 7.89. The lowest BCUT2D eigenvalue weighted by molar-refractivity contribution is 0.0691. The number of hydrogen-bond donors (Lipinski definition) is 0. The first-order valence-electron chi connectivity index (χ1n) is 12.2. The molecular formula is C26H30N4O4S. The van der Waals surface area contributed by atoms with Crippen molar-refractivity contribution in [2.24, 2.45) is 5.92 Å². The Morgan fingerprint density at radius 2 is 1.66 bits per heavy atom. The fraction of sp³-hybridized carbons (Fsp3) is 0.423. The highest BCUT2D eigenvalue weighted by Crippen LogP contribution is 2.27. The smallest absolute Gasteiger partial charge is 0.275 e. The van der Waals surface area contributed by atoms with Crippen molar-refractivity contribution in [1.29, 1.82) is 0 Å². The number of nitrogens with zero attached hydrogens (tertiary/aromatic N) is 4. The van der Waals surface area contributed by atoms with Crippen LogP contribution in [0.2, 0.25) is 0 Å². The SMILES string of the molecule is CC(C)Cn1nc(C(=O)N2CCN(S(=O)(=O)c3ccc4c(c3)CCC4)CC2)c2ccccc2c1=O. The summed E-state index contributed by atoms with van der Waals surface area (Å²) in [6, 6.07) is 12.5. The average Bonchev–Trinajstić information content (AvgIpc) is 3.33. The van der Waals surface area contributed by atoms with Crippen LogP contribution in [-0.4, -0.2) is 59.5 Å². The summed E-state index contributed by atoms with van der Waals surface area (Å²) in [4.78, 5) is 28.3. The van der Waals surface area contributed by atoms with Gasteiger partial charge in [0, 0.05) is 38.1 Å². The van der Waals surface area contributed by atoms with Gasteiger partial charge in [0.25, 0.3) is 11.5 Å². The molecule has 0 spiro atoms. The third-order valence-corrected chi connectivity index (χ3v) is 8.74. The van der Waals surface area contributed by atoms with Gasteiger partial charge >= 0.3 is 0 Å². The van der Waals surface area contributed by atoms with Crippen molar-refractivity contribution in [3.05, 3.63) is 69.6 Å². The molecule has 0 bridgehead atoms. The zero-order valence-electron chi connectivity index (χ0n) is 20.1. The van der Waals surface area contributed by atoms with Gasteiger partial charge in [0.05, 0.1) is 10.3 Å². The molecule has 9 heteroatoms. The van der Waals surface area contributed by atoms with Gasteiger partial charge < -0.3 is 4.90 Å².